The van der Waals surface area contributed by atoms with Crippen LogP contribution in [0.1, 0.15) is 45.4 Å². The van der Waals surface area contributed by atoms with Gasteiger partial charge in [-0.3, -0.25) is 4.79 Å². The number of hydrogen-bond acceptors (Lipinski definition) is 3. The largest absolute Gasteiger partial charge is 0.341 e. The lowest BCUT2D eigenvalue weighted by Crippen LogP contribution is -2.47. The number of ether oxygens (including phenoxy) is 2. The quantitative estimate of drug-likeness (QED) is 0.720. The van der Waals surface area contributed by atoms with Crippen LogP contribution >= 0.6 is 0 Å². The summed E-state index contributed by atoms with van der Waals surface area (Å²) in [5.41, 5.74) is 0. The Balaban J connectivity index is 2.13. The number of ketones is 1. The molecule has 3 heteroatoms. The van der Waals surface area contributed by atoms with E-state index >= 15 is 0 Å². The zero-order chi connectivity index (χ0) is 10.7. The first-order valence-electron chi connectivity index (χ1n) is 6.11. The van der Waals surface area contributed by atoms with Crippen molar-refractivity contribution < 1.29 is 14.3 Å². The molecular formula is C12H20O3. The van der Waals surface area contributed by atoms with Gasteiger partial charge < -0.3 is 9.47 Å². The van der Waals surface area contributed by atoms with Crippen LogP contribution in [-0.2, 0) is 14.3 Å². The summed E-state index contributed by atoms with van der Waals surface area (Å²) in [4.78, 5) is 12.0. The molecule has 2 aliphatic rings. The monoisotopic (exact) mass is 212 g/mol. The number of carbonyl (C=O) groups is 1. The van der Waals surface area contributed by atoms with Crippen LogP contribution in [-0.4, -0.2) is 24.8 Å². The summed E-state index contributed by atoms with van der Waals surface area (Å²) in [6, 6.07) is 0. The van der Waals surface area contributed by atoms with Gasteiger partial charge in [0.1, 0.15) is 0 Å². The first-order valence-corrected chi connectivity index (χ1v) is 6.11. The molecule has 0 unspecified atom stereocenters. The molecule has 2 fully saturated rings. The molecule has 0 aromatic rings. The van der Waals surface area contributed by atoms with Crippen LogP contribution in [0.2, 0.25) is 0 Å². The maximum atomic E-state index is 12.0. The molecule has 3 nitrogen and oxygen atoms in total. The lowest BCUT2D eigenvalue weighted by atomic mass is 9.81. The maximum Gasteiger partial charge on any atom is 0.231 e. The van der Waals surface area contributed by atoms with E-state index in [0.717, 1.165) is 12.8 Å². The van der Waals surface area contributed by atoms with E-state index in [1.165, 1.54) is 19.3 Å². The molecule has 15 heavy (non-hydrogen) atoms. The van der Waals surface area contributed by atoms with Crippen molar-refractivity contribution in [1.29, 1.82) is 0 Å². The Morgan fingerprint density at radius 2 is 1.80 bits per heavy atom. The molecule has 0 amide bonds. The Morgan fingerprint density at radius 3 is 2.33 bits per heavy atom. The van der Waals surface area contributed by atoms with Gasteiger partial charge in [0.25, 0.3) is 0 Å². The molecule has 2 rings (SSSR count). The van der Waals surface area contributed by atoms with Gasteiger partial charge in [-0.1, -0.05) is 26.2 Å². The van der Waals surface area contributed by atoms with Crippen molar-refractivity contribution in [3.8, 4) is 0 Å². The van der Waals surface area contributed by atoms with Crippen LogP contribution in [0.4, 0.5) is 0 Å². The second-order valence-electron chi connectivity index (χ2n) is 4.48. The summed E-state index contributed by atoms with van der Waals surface area (Å²) in [5.74, 6) is -0.442. The molecule has 1 aliphatic carbocycles. The third kappa shape index (κ3) is 1.95. The van der Waals surface area contributed by atoms with E-state index in [-0.39, 0.29) is 5.78 Å². The van der Waals surface area contributed by atoms with Gasteiger partial charge in [0, 0.05) is 12.3 Å². The highest BCUT2D eigenvalue weighted by Crippen LogP contribution is 2.39. The second-order valence-corrected chi connectivity index (χ2v) is 4.48. The molecule has 1 aliphatic heterocycles. The van der Waals surface area contributed by atoms with Crippen molar-refractivity contribution in [2.24, 2.45) is 5.92 Å². The summed E-state index contributed by atoms with van der Waals surface area (Å²) in [7, 11) is 0. The highest BCUT2D eigenvalue weighted by Gasteiger charge is 2.49. The smallest absolute Gasteiger partial charge is 0.231 e. The lowest BCUT2D eigenvalue weighted by Gasteiger charge is -2.36. The Labute approximate surface area is 91.1 Å². The Bertz CT molecular complexity index is 225. The predicted octanol–water partition coefficient (Wildman–Crippen LogP) is 2.29. The van der Waals surface area contributed by atoms with Crippen LogP contribution in [0, 0.1) is 5.92 Å². The Kier molecular flexibility index (Phi) is 3.42. The molecule has 86 valence electrons. The van der Waals surface area contributed by atoms with Gasteiger partial charge in [-0.2, -0.15) is 0 Å². The SMILES string of the molecule is CCC(=O)C1(C2CCCCC2)OCCO1. The van der Waals surface area contributed by atoms with Crippen LogP contribution in [0.25, 0.3) is 0 Å². The number of rotatable bonds is 3. The molecule has 0 aromatic heterocycles. The molecule has 1 heterocycles. The highest BCUT2D eigenvalue weighted by molar-refractivity contribution is 5.86. The number of carbonyl (C=O) groups excluding carboxylic acids is 1. The van der Waals surface area contributed by atoms with Crippen molar-refractivity contribution in [2.75, 3.05) is 13.2 Å². The summed E-state index contributed by atoms with van der Waals surface area (Å²) in [6.07, 6.45) is 6.35. The second kappa shape index (κ2) is 4.62. The lowest BCUT2D eigenvalue weighted by molar-refractivity contribution is -0.204. The van der Waals surface area contributed by atoms with Crippen molar-refractivity contribution in [2.45, 2.75) is 51.2 Å². The predicted molar refractivity (Wildman–Crippen MR) is 56.5 cm³/mol. The van der Waals surface area contributed by atoms with E-state index in [9.17, 15) is 4.79 Å². The summed E-state index contributed by atoms with van der Waals surface area (Å²) < 4.78 is 11.3. The van der Waals surface area contributed by atoms with Crippen LogP contribution in [0.3, 0.4) is 0 Å². The van der Waals surface area contributed by atoms with E-state index in [1.807, 2.05) is 6.92 Å². The van der Waals surface area contributed by atoms with Gasteiger partial charge in [-0.05, 0) is 12.8 Å². The average molecular weight is 212 g/mol. The highest BCUT2D eigenvalue weighted by atomic mass is 16.7. The third-order valence-corrected chi connectivity index (χ3v) is 3.57. The van der Waals surface area contributed by atoms with Crippen molar-refractivity contribution >= 4 is 5.78 Å². The Hall–Kier alpha value is -0.410. The van der Waals surface area contributed by atoms with Crippen LogP contribution < -0.4 is 0 Å². The molecule has 1 saturated carbocycles. The van der Waals surface area contributed by atoms with Gasteiger partial charge in [-0.15, -0.1) is 0 Å². The van der Waals surface area contributed by atoms with E-state index in [2.05, 4.69) is 0 Å². The maximum absolute atomic E-state index is 12.0. The first-order chi connectivity index (χ1) is 7.29. The molecule has 0 bridgehead atoms. The first kappa shape index (κ1) is 11.1. The molecule has 0 radical (unpaired) electrons. The van der Waals surface area contributed by atoms with E-state index < -0.39 is 5.79 Å². The average Bonchev–Trinajstić information content (AvgIpc) is 2.79. The molecule has 0 atom stereocenters. The fourth-order valence-corrected chi connectivity index (χ4v) is 2.78. The minimum Gasteiger partial charge on any atom is -0.341 e. The van der Waals surface area contributed by atoms with Crippen molar-refractivity contribution in [1.82, 2.24) is 0 Å². The minimum absolute atomic E-state index is 0.131. The van der Waals surface area contributed by atoms with E-state index in [1.54, 1.807) is 0 Å². The van der Waals surface area contributed by atoms with Crippen LogP contribution in [0.15, 0.2) is 0 Å². The topological polar surface area (TPSA) is 35.5 Å². The van der Waals surface area contributed by atoms with Gasteiger partial charge in [-0.25, -0.2) is 0 Å². The zero-order valence-electron chi connectivity index (χ0n) is 9.46. The van der Waals surface area contributed by atoms with Crippen LogP contribution in [0.5, 0.6) is 0 Å². The molecule has 0 N–H and O–H groups in total. The fraction of sp³-hybridized carbons (Fsp3) is 0.917. The Morgan fingerprint density at radius 1 is 1.20 bits per heavy atom. The number of Topliss-reactive ketones (excluding diaryl/α,β-unsaturated/α-hetero) is 1. The van der Waals surface area contributed by atoms with Gasteiger partial charge in [0.05, 0.1) is 13.2 Å². The van der Waals surface area contributed by atoms with E-state index in [4.69, 9.17) is 9.47 Å². The summed E-state index contributed by atoms with van der Waals surface area (Å²) >= 11 is 0. The number of hydrogen-bond donors (Lipinski definition) is 0. The standard InChI is InChI=1S/C12H20O3/c1-2-11(13)12(14-8-9-15-12)10-6-4-3-5-7-10/h10H,2-9H2,1H3. The van der Waals surface area contributed by atoms with E-state index in [0.29, 0.717) is 25.6 Å². The normalized spacial score (nSPS) is 26.7. The zero-order valence-corrected chi connectivity index (χ0v) is 9.46. The van der Waals surface area contributed by atoms with Gasteiger partial charge in [0.15, 0.2) is 5.78 Å². The molecule has 0 spiro atoms. The molecule has 0 aromatic carbocycles. The van der Waals surface area contributed by atoms with Gasteiger partial charge in [0.2, 0.25) is 5.79 Å². The molecular weight excluding hydrogens is 192 g/mol. The van der Waals surface area contributed by atoms with Crippen molar-refractivity contribution in [3.05, 3.63) is 0 Å². The minimum atomic E-state index is -0.866. The third-order valence-electron chi connectivity index (χ3n) is 3.57. The summed E-state index contributed by atoms with van der Waals surface area (Å²) in [5, 5.41) is 0. The van der Waals surface area contributed by atoms with Crippen molar-refractivity contribution in [3.63, 3.8) is 0 Å². The summed E-state index contributed by atoms with van der Waals surface area (Å²) in [6.45, 7) is 3.03. The fourth-order valence-electron chi connectivity index (χ4n) is 2.78. The van der Waals surface area contributed by atoms with Gasteiger partial charge >= 0.3 is 0 Å². The molecule has 1 saturated heterocycles.